The molecule has 8 heteroatoms. The molecule has 0 fully saturated rings. The van der Waals surface area contributed by atoms with Crippen LogP contribution in [0.4, 0.5) is 4.39 Å². The number of hydrogen-bond acceptors (Lipinski definition) is 5. The summed E-state index contributed by atoms with van der Waals surface area (Å²) in [6, 6.07) is 11.2. The van der Waals surface area contributed by atoms with Crippen molar-refractivity contribution in [1.29, 1.82) is 0 Å². The van der Waals surface area contributed by atoms with E-state index in [1.807, 2.05) is 0 Å². The first-order valence-corrected chi connectivity index (χ1v) is 7.20. The maximum Gasteiger partial charge on any atom is 0.421 e. The molecule has 7 nitrogen and oxygen atoms in total. The molecule has 126 valence electrons. The minimum Gasteiger partial charge on any atom is -0.342 e. The predicted molar refractivity (Wildman–Crippen MR) is 81.3 cm³/mol. The van der Waals surface area contributed by atoms with Crippen LogP contribution in [0.15, 0.2) is 48.5 Å². The van der Waals surface area contributed by atoms with Crippen molar-refractivity contribution < 1.29 is 28.4 Å². The van der Waals surface area contributed by atoms with Crippen LogP contribution in [0.1, 0.15) is 26.3 Å². The molecule has 0 spiro atoms. The van der Waals surface area contributed by atoms with Gasteiger partial charge in [0.2, 0.25) is 0 Å². The molecule has 0 aromatic heterocycles. The summed E-state index contributed by atoms with van der Waals surface area (Å²) < 4.78 is 12.8. The van der Waals surface area contributed by atoms with Crippen LogP contribution in [0.3, 0.4) is 0 Å². The van der Waals surface area contributed by atoms with Crippen molar-refractivity contribution in [3.8, 4) is 0 Å². The van der Waals surface area contributed by atoms with Gasteiger partial charge in [-0.15, -0.1) is 0 Å². The van der Waals surface area contributed by atoms with Gasteiger partial charge in [0.15, 0.2) is 0 Å². The van der Waals surface area contributed by atoms with E-state index >= 15 is 0 Å². The summed E-state index contributed by atoms with van der Waals surface area (Å²) in [6.07, 6.45) is 0. The first kappa shape index (κ1) is 16.3. The molecule has 1 aliphatic heterocycles. The number of carbonyl (C=O) groups excluding carboxylic acids is 4. The van der Waals surface area contributed by atoms with E-state index in [1.165, 1.54) is 36.4 Å². The number of carbonyl (C=O) groups is 4. The zero-order chi connectivity index (χ0) is 18.0. The van der Waals surface area contributed by atoms with Crippen LogP contribution in [0.2, 0.25) is 0 Å². The van der Waals surface area contributed by atoms with Crippen molar-refractivity contribution in [2.45, 2.75) is 6.54 Å². The van der Waals surface area contributed by atoms with E-state index in [0.29, 0.717) is 5.56 Å². The van der Waals surface area contributed by atoms with Gasteiger partial charge in [-0.05, 0) is 29.8 Å². The second-order valence-electron chi connectivity index (χ2n) is 5.14. The third-order valence-corrected chi connectivity index (χ3v) is 3.48. The lowest BCUT2D eigenvalue weighted by molar-refractivity contribution is -0.173. The maximum absolute atomic E-state index is 12.8. The molecule has 0 saturated carbocycles. The van der Waals surface area contributed by atoms with Gasteiger partial charge in [-0.1, -0.05) is 29.3 Å². The fourth-order valence-electron chi connectivity index (χ4n) is 2.23. The second-order valence-corrected chi connectivity index (χ2v) is 5.14. The van der Waals surface area contributed by atoms with Gasteiger partial charge in [-0.2, -0.15) is 0 Å². The summed E-state index contributed by atoms with van der Waals surface area (Å²) in [5.41, 5.74) is 0.738. The lowest BCUT2D eigenvalue weighted by Gasteiger charge is -2.12. The molecule has 2 aromatic carbocycles. The van der Waals surface area contributed by atoms with Crippen LogP contribution < -0.4 is 5.32 Å². The quantitative estimate of drug-likeness (QED) is 0.668. The molecule has 1 heterocycles. The van der Waals surface area contributed by atoms with Crippen LogP contribution in [0.25, 0.3) is 0 Å². The number of hydroxylamine groups is 2. The molecule has 3 rings (SSSR count). The number of amides is 3. The second kappa shape index (κ2) is 6.52. The van der Waals surface area contributed by atoms with E-state index in [2.05, 4.69) is 10.2 Å². The van der Waals surface area contributed by atoms with Crippen LogP contribution >= 0.6 is 0 Å². The molecule has 2 aromatic rings. The van der Waals surface area contributed by atoms with Crippen LogP contribution in [-0.4, -0.2) is 28.8 Å². The molecule has 25 heavy (non-hydrogen) atoms. The number of imide groups is 1. The summed E-state index contributed by atoms with van der Waals surface area (Å²) in [5, 5.41) is 2.51. The molecule has 0 atom stereocenters. The van der Waals surface area contributed by atoms with E-state index in [4.69, 9.17) is 0 Å². The number of nitrogens with one attached hydrogen (secondary N) is 1. The fourth-order valence-corrected chi connectivity index (χ4v) is 2.23. The molecule has 0 saturated heterocycles. The zero-order valence-corrected chi connectivity index (χ0v) is 12.7. The molecule has 3 amide bonds. The topological polar surface area (TPSA) is 92.8 Å². The van der Waals surface area contributed by atoms with Crippen molar-refractivity contribution in [3.05, 3.63) is 71.0 Å². The van der Waals surface area contributed by atoms with Gasteiger partial charge < -0.3 is 10.2 Å². The minimum absolute atomic E-state index is 0.0453. The lowest BCUT2D eigenvalue weighted by Crippen LogP contribution is -2.39. The summed E-state index contributed by atoms with van der Waals surface area (Å²) in [7, 11) is 0. The Labute approximate surface area is 140 Å². The summed E-state index contributed by atoms with van der Waals surface area (Å²) in [5.74, 6) is -4.61. The highest BCUT2D eigenvalue weighted by Crippen LogP contribution is 2.22. The van der Waals surface area contributed by atoms with Gasteiger partial charge in [0.1, 0.15) is 5.82 Å². The van der Waals surface area contributed by atoms with E-state index in [1.54, 1.807) is 12.1 Å². The van der Waals surface area contributed by atoms with Crippen molar-refractivity contribution in [2.24, 2.45) is 0 Å². The highest BCUT2D eigenvalue weighted by atomic mass is 19.1. The minimum atomic E-state index is -1.41. The van der Waals surface area contributed by atoms with Gasteiger partial charge in [-0.25, -0.2) is 9.18 Å². The molecule has 0 aliphatic carbocycles. The van der Waals surface area contributed by atoms with Gasteiger partial charge >= 0.3 is 11.9 Å². The Bertz CT molecular complexity index is 844. The number of rotatable bonds is 3. The fraction of sp³-hybridized carbons (Fsp3) is 0.0588. The van der Waals surface area contributed by atoms with E-state index in [9.17, 15) is 23.6 Å². The number of fused-ring (bicyclic) bond motifs is 1. The highest BCUT2D eigenvalue weighted by molar-refractivity contribution is 6.33. The summed E-state index contributed by atoms with van der Waals surface area (Å²) in [6.45, 7) is -0.0453. The molecule has 0 bridgehead atoms. The van der Waals surface area contributed by atoms with Crippen molar-refractivity contribution >= 4 is 23.7 Å². The van der Waals surface area contributed by atoms with Crippen molar-refractivity contribution in [3.63, 3.8) is 0 Å². The monoisotopic (exact) mass is 342 g/mol. The van der Waals surface area contributed by atoms with E-state index < -0.39 is 29.5 Å². The lowest BCUT2D eigenvalue weighted by atomic mass is 10.1. The third-order valence-electron chi connectivity index (χ3n) is 3.48. The Hall–Kier alpha value is -3.55. The van der Waals surface area contributed by atoms with Crippen LogP contribution in [0, 0.1) is 5.82 Å². The summed E-state index contributed by atoms with van der Waals surface area (Å²) >= 11 is 0. The molecule has 1 N–H and O–H groups in total. The normalized spacial score (nSPS) is 12.8. The number of benzene rings is 2. The summed E-state index contributed by atoms with van der Waals surface area (Å²) in [4.78, 5) is 52.2. The zero-order valence-electron chi connectivity index (χ0n) is 12.7. The number of hydrogen-bond donors (Lipinski definition) is 1. The molecular weight excluding hydrogens is 331 g/mol. The van der Waals surface area contributed by atoms with Gasteiger partial charge in [0.25, 0.3) is 11.8 Å². The average Bonchev–Trinajstić information content (AvgIpc) is 2.86. The number of halogens is 1. The number of nitrogens with zero attached hydrogens (tertiary/aromatic N) is 1. The smallest absolute Gasteiger partial charge is 0.342 e. The molecule has 1 aliphatic rings. The van der Waals surface area contributed by atoms with Crippen molar-refractivity contribution in [1.82, 2.24) is 10.4 Å². The van der Waals surface area contributed by atoms with Crippen LogP contribution in [-0.2, 0) is 21.0 Å². The van der Waals surface area contributed by atoms with Crippen LogP contribution in [0.5, 0.6) is 0 Å². The maximum atomic E-state index is 12.8. The predicted octanol–water partition coefficient (Wildman–Crippen LogP) is 1.20. The Morgan fingerprint density at radius 1 is 0.960 bits per heavy atom. The van der Waals surface area contributed by atoms with Gasteiger partial charge in [0, 0.05) is 6.54 Å². The largest absolute Gasteiger partial charge is 0.421 e. The Balaban J connectivity index is 1.61. The third kappa shape index (κ3) is 3.23. The molecule has 0 radical (unpaired) electrons. The van der Waals surface area contributed by atoms with E-state index in [0.717, 1.165) is 0 Å². The van der Waals surface area contributed by atoms with Crippen molar-refractivity contribution in [2.75, 3.05) is 0 Å². The first-order valence-electron chi connectivity index (χ1n) is 7.20. The highest BCUT2D eigenvalue weighted by Gasteiger charge is 2.39. The molecule has 0 unspecified atom stereocenters. The SMILES string of the molecule is O=C(NCc1ccc(F)cc1)C(=O)ON1C(=O)c2ccccc2C1=O. The van der Waals surface area contributed by atoms with E-state index in [-0.39, 0.29) is 22.7 Å². The average molecular weight is 342 g/mol. The molecular formula is C17H11FN2O5. The Kier molecular flexibility index (Phi) is 4.25. The first-order chi connectivity index (χ1) is 12.0. The Morgan fingerprint density at radius 3 is 2.08 bits per heavy atom. The van der Waals surface area contributed by atoms with Gasteiger partial charge in [-0.3, -0.25) is 14.4 Å². The van der Waals surface area contributed by atoms with Gasteiger partial charge in [0.05, 0.1) is 11.1 Å². The Morgan fingerprint density at radius 2 is 1.52 bits per heavy atom. The standard InChI is InChI=1S/C17H11FN2O5/c18-11-7-5-10(6-8-11)9-19-14(21)17(24)25-20-15(22)12-3-1-2-4-13(12)16(20)23/h1-8H,9H2,(H,19,21).